The van der Waals surface area contributed by atoms with Gasteiger partial charge in [-0.2, -0.15) is 0 Å². The molecule has 0 saturated carbocycles. The predicted molar refractivity (Wildman–Crippen MR) is 76.4 cm³/mol. The van der Waals surface area contributed by atoms with E-state index in [1.165, 1.54) is 23.1 Å². The summed E-state index contributed by atoms with van der Waals surface area (Å²) in [7, 11) is 0. The third-order valence-electron chi connectivity index (χ3n) is 2.90. The lowest BCUT2D eigenvalue weighted by Gasteiger charge is -2.10. The molecule has 5 N–H and O–H groups in total. The van der Waals surface area contributed by atoms with E-state index in [1.807, 2.05) is 6.26 Å². The summed E-state index contributed by atoms with van der Waals surface area (Å²) in [6.07, 6.45) is 3.01. The van der Waals surface area contributed by atoms with Gasteiger partial charge in [0, 0.05) is 19.1 Å². The summed E-state index contributed by atoms with van der Waals surface area (Å²) < 4.78 is 5.33. The molecule has 1 aliphatic heterocycles. The Morgan fingerprint density at radius 2 is 2.44 bits per heavy atom. The Kier molecular flexibility index (Phi) is 4.36. The number of thiophene rings is 1. The SMILES string of the molecule is CSc1c(NCC2CCOC2)sc(C(N)=O)c1N. The normalized spacial score (nSPS) is 19.1. The minimum absolute atomic E-state index is 0.435. The van der Waals surface area contributed by atoms with Gasteiger partial charge in [0.25, 0.3) is 5.91 Å². The number of hydrogen-bond acceptors (Lipinski definition) is 6. The summed E-state index contributed by atoms with van der Waals surface area (Å²) in [5.74, 6) is 0.0603. The molecule has 0 aromatic carbocycles. The van der Waals surface area contributed by atoms with Crippen LogP contribution in [0.15, 0.2) is 4.90 Å². The lowest BCUT2D eigenvalue weighted by atomic mass is 10.1. The number of primary amides is 1. The van der Waals surface area contributed by atoms with Crippen molar-refractivity contribution in [2.75, 3.05) is 37.1 Å². The van der Waals surface area contributed by atoms with Gasteiger partial charge in [-0.3, -0.25) is 4.79 Å². The van der Waals surface area contributed by atoms with Gasteiger partial charge in [-0.1, -0.05) is 0 Å². The van der Waals surface area contributed by atoms with Crippen LogP contribution in [0.5, 0.6) is 0 Å². The molecule has 1 aromatic heterocycles. The van der Waals surface area contributed by atoms with Crippen LogP contribution >= 0.6 is 23.1 Å². The van der Waals surface area contributed by atoms with Crippen LogP contribution in [0.3, 0.4) is 0 Å². The van der Waals surface area contributed by atoms with Gasteiger partial charge in [0.05, 0.1) is 17.2 Å². The number of nitrogen functional groups attached to an aromatic ring is 1. The van der Waals surface area contributed by atoms with E-state index in [2.05, 4.69) is 5.32 Å². The van der Waals surface area contributed by atoms with Gasteiger partial charge in [-0.05, 0) is 12.7 Å². The summed E-state index contributed by atoms with van der Waals surface area (Å²) in [4.78, 5) is 12.6. The molecule has 7 heteroatoms. The number of amides is 1. The molecule has 0 bridgehead atoms. The van der Waals surface area contributed by atoms with Gasteiger partial charge in [-0.25, -0.2) is 0 Å². The summed E-state index contributed by atoms with van der Waals surface area (Å²) in [5, 5.41) is 4.28. The zero-order valence-electron chi connectivity index (χ0n) is 10.2. The monoisotopic (exact) mass is 287 g/mol. The van der Waals surface area contributed by atoms with Crippen LogP contribution in [0, 0.1) is 5.92 Å². The molecule has 1 saturated heterocycles. The zero-order valence-corrected chi connectivity index (χ0v) is 11.8. The first-order chi connectivity index (χ1) is 8.63. The molecule has 2 rings (SSSR count). The van der Waals surface area contributed by atoms with Gasteiger partial charge in [-0.15, -0.1) is 23.1 Å². The van der Waals surface area contributed by atoms with Gasteiger partial charge >= 0.3 is 0 Å². The van der Waals surface area contributed by atoms with E-state index < -0.39 is 5.91 Å². The number of rotatable bonds is 5. The van der Waals surface area contributed by atoms with Crippen LogP contribution in [-0.2, 0) is 4.74 Å². The molecule has 1 unspecified atom stereocenters. The van der Waals surface area contributed by atoms with Crippen molar-refractivity contribution in [2.24, 2.45) is 11.7 Å². The second kappa shape index (κ2) is 5.81. The van der Waals surface area contributed by atoms with E-state index >= 15 is 0 Å². The molecule has 0 spiro atoms. The molecule has 1 fully saturated rings. The van der Waals surface area contributed by atoms with Crippen molar-refractivity contribution in [3.05, 3.63) is 4.88 Å². The van der Waals surface area contributed by atoms with Crippen LogP contribution in [0.1, 0.15) is 16.1 Å². The van der Waals surface area contributed by atoms with Crippen LogP contribution in [0.25, 0.3) is 0 Å². The van der Waals surface area contributed by atoms with Crippen molar-refractivity contribution in [2.45, 2.75) is 11.3 Å². The maximum absolute atomic E-state index is 11.3. The Morgan fingerprint density at radius 1 is 1.67 bits per heavy atom. The Morgan fingerprint density at radius 3 is 3.00 bits per heavy atom. The van der Waals surface area contributed by atoms with Crippen molar-refractivity contribution < 1.29 is 9.53 Å². The molecule has 1 amide bonds. The van der Waals surface area contributed by atoms with Crippen LogP contribution in [0.2, 0.25) is 0 Å². The Hall–Kier alpha value is -0.920. The summed E-state index contributed by atoms with van der Waals surface area (Å²) in [5.41, 5.74) is 11.7. The highest BCUT2D eigenvalue weighted by Crippen LogP contribution is 2.41. The van der Waals surface area contributed by atoms with E-state index in [4.69, 9.17) is 16.2 Å². The minimum Gasteiger partial charge on any atom is -0.396 e. The third-order valence-corrected chi connectivity index (χ3v) is 5.04. The first kappa shape index (κ1) is 13.5. The minimum atomic E-state index is -0.468. The average molecular weight is 287 g/mol. The summed E-state index contributed by atoms with van der Waals surface area (Å²) in [6.45, 7) is 2.47. The molecule has 1 aliphatic rings. The van der Waals surface area contributed by atoms with Crippen molar-refractivity contribution in [1.29, 1.82) is 0 Å². The molecule has 0 radical (unpaired) electrons. The Labute approximate surface area is 114 Å². The molecule has 5 nitrogen and oxygen atoms in total. The summed E-state index contributed by atoms with van der Waals surface area (Å²) >= 11 is 2.86. The topological polar surface area (TPSA) is 90.4 Å². The zero-order chi connectivity index (χ0) is 13.1. The van der Waals surface area contributed by atoms with Crippen LogP contribution in [-0.4, -0.2) is 31.9 Å². The number of carbonyl (C=O) groups excluding carboxylic acids is 1. The van der Waals surface area contributed by atoms with Gasteiger partial charge in [0.2, 0.25) is 0 Å². The standard InChI is InChI=1S/C11H17N3O2S2/c1-17-9-7(12)8(10(13)15)18-11(9)14-4-6-2-3-16-5-6/h6,14H,2-5,12H2,1H3,(H2,13,15). The van der Waals surface area contributed by atoms with Crippen molar-refractivity contribution >= 4 is 39.7 Å². The number of nitrogens with one attached hydrogen (secondary N) is 1. The second-order valence-corrected chi connectivity index (χ2v) is 6.02. The van der Waals surface area contributed by atoms with Gasteiger partial charge in [0.15, 0.2) is 0 Å². The van der Waals surface area contributed by atoms with Crippen LogP contribution < -0.4 is 16.8 Å². The molecule has 0 aliphatic carbocycles. The largest absolute Gasteiger partial charge is 0.396 e. The van der Waals surface area contributed by atoms with Crippen molar-refractivity contribution in [1.82, 2.24) is 0 Å². The number of ether oxygens (including phenoxy) is 1. The van der Waals surface area contributed by atoms with E-state index in [0.29, 0.717) is 16.5 Å². The molecule has 1 aromatic rings. The highest BCUT2D eigenvalue weighted by molar-refractivity contribution is 7.99. The maximum atomic E-state index is 11.3. The van der Waals surface area contributed by atoms with Crippen molar-refractivity contribution in [3.8, 4) is 0 Å². The predicted octanol–water partition coefficient (Wildman–Crippen LogP) is 1.60. The molecule has 1 atom stereocenters. The second-order valence-electron chi connectivity index (χ2n) is 4.18. The first-order valence-corrected chi connectivity index (χ1v) is 7.75. The third kappa shape index (κ3) is 2.73. The van der Waals surface area contributed by atoms with Gasteiger partial charge < -0.3 is 21.5 Å². The number of hydrogen-bond donors (Lipinski definition) is 3. The first-order valence-electron chi connectivity index (χ1n) is 5.71. The number of carbonyl (C=O) groups is 1. The fourth-order valence-corrected chi connectivity index (χ4v) is 3.81. The number of nitrogens with two attached hydrogens (primary N) is 2. The lowest BCUT2D eigenvalue weighted by molar-refractivity contribution is 0.100. The van der Waals surface area contributed by atoms with E-state index in [-0.39, 0.29) is 0 Å². The molecular formula is C11H17N3O2S2. The van der Waals surface area contributed by atoms with Gasteiger partial charge in [0.1, 0.15) is 9.88 Å². The highest BCUT2D eigenvalue weighted by atomic mass is 32.2. The fraction of sp³-hybridized carbons (Fsp3) is 0.545. The fourth-order valence-electron chi connectivity index (χ4n) is 1.91. The van der Waals surface area contributed by atoms with E-state index in [0.717, 1.165) is 36.1 Å². The summed E-state index contributed by atoms with van der Waals surface area (Å²) in [6, 6.07) is 0. The Bertz CT molecular complexity index is 442. The van der Waals surface area contributed by atoms with Crippen molar-refractivity contribution in [3.63, 3.8) is 0 Å². The highest BCUT2D eigenvalue weighted by Gasteiger charge is 2.20. The van der Waals surface area contributed by atoms with Crippen LogP contribution in [0.4, 0.5) is 10.7 Å². The average Bonchev–Trinajstić information content (AvgIpc) is 2.93. The quantitative estimate of drug-likeness (QED) is 0.716. The number of thioether (sulfide) groups is 1. The lowest BCUT2D eigenvalue weighted by Crippen LogP contribution is -2.13. The Balaban J connectivity index is 2.10. The van der Waals surface area contributed by atoms with E-state index in [1.54, 1.807) is 0 Å². The number of anilines is 2. The maximum Gasteiger partial charge on any atom is 0.261 e. The molecule has 100 valence electrons. The molecule has 18 heavy (non-hydrogen) atoms. The van der Waals surface area contributed by atoms with E-state index in [9.17, 15) is 4.79 Å². The smallest absolute Gasteiger partial charge is 0.261 e. The molecular weight excluding hydrogens is 270 g/mol. The molecule has 2 heterocycles.